The van der Waals surface area contributed by atoms with Crippen LogP contribution in [0.5, 0.6) is 0 Å². The number of benzene rings is 1. The Hall–Kier alpha value is -1.93. The van der Waals surface area contributed by atoms with Gasteiger partial charge in [-0.1, -0.05) is 43.4 Å². The van der Waals surface area contributed by atoms with E-state index >= 15 is 0 Å². The van der Waals surface area contributed by atoms with Gasteiger partial charge in [-0.2, -0.15) is 0 Å². The van der Waals surface area contributed by atoms with Crippen LogP contribution in [0.1, 0.15) is 6.42 Å². The molecule has 2 aromatic heterocycles. The maximum atomic E-state index is 9.10. The van der Waals surface area contributed by atoms with Gasteiger partial charge in [-0.3, -0.25) is 0 Å². The first-order valence-corrected chi connectivity index (χ1v) is 14.0. The van der Waals surface area contributed by atoms with Crippen LogP contribution in [0.25, 0.3) is 22.2 Å². The number of aliphatic hydroxyl groups excluding tert-OH is 1. The molecule has 0 bridgehead atoms. The Balaban J connectivity index is 1.96. The lowest BCUT2D eigenvalue weighted by atomic mass is 10.1. The predicted molar refractivity (Wildman–Crippen MR) is 122 cm³/mol. The molecule has 0 aliphatic carbocycles. The van der Waals surface area contributed by atoms with Crippen LogP contribution in [-0.2, 0) is 11.5 Å². The largest absolute Gasteiger partial charge is 0.396 e. The molecule has 0 aliphatic rings. The first-order valence-electron chi connectivity index (χ1n) is 9.91. The van der Waals surface area contributed by atoms with Crippen molar-refractivity contribution >= 4 is 36.5 Å². The highest BCUT2D eigenvalue weighted by Gasteiger charge is 2.17. The van der Waals surface area contributed by atoms with Gasteiger partial charge in [-0.25, -0.2) is 9.97 Å². The Bertz CT molecular complexity index is 955. The summed E-state index contributed by atoms with van der Waals surface area (Å²) in [6.45, 7) is 8.98. The van der Waals surface area contributed by atoms with Crippen molar-refractivity contribution in [2.75, 3.05) is 25.1 Å². The summed E-state index contributed by atoms with van der Waals surface area (Å²) >= 11 is 6.24. The summed E-state index contributed by atoms with van der Waals surface area (Å²) < 4.78 is 8.00. The van der Waals surface area contributed by atoms with E-state index in [4.69, 9.17) is 21.4 Å². The molecule has 0 unspecified atom stereocenters. The second-order valence-corrected chi connectivity index (χ2v) is 14.4. The minimum absolute atomic E-state index is 0.133. The van der Waals surface area contributed by atoms with Crippen molar-refractivity contribution in [1.82, 2.24) is 14.5 Å². The Kier molecular flexibility index (Phi) is 7.29. The van der Waals surface area contributed by atoms with Crippen molar-refractivity contribution < 1.29 is 9.84 Å². The predicted octanol–water partition coefficient (Wildman–Crippen LogP) is 4.86. The van der Waals surface area contributed by atoms with Gasteiger partial charge in [-0.15, -0.1) is 0 Å². The second-order valence-electron chi connectivity index (χ2n) is 8.30. The number of hydrogen-bond donors (Lipinski definition) is 2. The van der Waals surface area contributed by atoms with Crippen molar-refractivity contribution in [2.45, 2.75) is 38.8 Å². The van der Waals surface area contributed by atoms with E-state index in [2.05, 4.69) is 41.1 Å². The third-order valence-electron chi connectivity index (χ3n) is 4.64. The number of hydrogen-bond acceptors (Lipinski definition) is 5. The molecule has 0 atom stereocenters. The zero-order valence-electron chi connectivity index (χ0n) is 17.3. The first kappa shape index (κ1) is 21.8. The molecule has 0 aliphatic heterocycles. The average molecular weight is 433 g/mol. The van der Waals surface area contributed by atoms with E-state index in [1.807, 2.05) is 28.8 Å². The summed E-state index contributed by atoms with van der Waals surface area (Å²) in [6.07, 6.45) is 4.26. The highest BCUT2D eigenvalue weighted by Crippen LogP contribution is 2.34. The van der Waals surface area contributed by atoms with Gasteiger partial charge in [0.2, 0.25) is 0 Å². The Morgan fingerprint density at radius 1 is 1.24 bits per heavy atom. The van der Waals surface area contributed by atoms with Gasteiger partial charge >= 0.3 is 0 Å². The number of ether oxygens (including phenoxy) is 1. The van der Waals surface area contributed by atoms with E-state index in [9.17, 15) is 0 Å². The topological polar surface area (TPSA) is 72.2 Å². The minimum atomic E-state index is -1.14. The molecule has 3 aromatic rings. The van der Waals surface area contributed by atoms with Crippen LogP contribution in [0.15, 0.2) is 36.8 Å². The number of anilines is 1. The molecule has 1 aromatic carbocycles. The zero-order chi connectivity index (χ0) is 20.9. The van der Waals surface area contributed by atoms with Crippen LogP contribution >= 0.6 is 11.6 Å². The Labute approximate surface area is 177 Å². The quantitative estimate of drug-likeness (QED) is 0.353. The normalized spacial score (nSPS) is 11.9. The molecule has 0 fully saturated rings. The van der Waals surface area contributed by atoms with Crippen LogP contribution in [-0.4, -0.2) is 47.5 Å². The van der Waals surface area contributed by atoms with Gasteiger partial charge < -0.3 is 19.7 Å². The lowest BCUT2D eigenvalue weighted by Gasteiger charge is -2.15. The molecule has 3 rings (SSSR count). The third kappa shape index (κ3) is 5.79. The SMILES string of the molecule is C[Si](C)(C)CCOCn1cc(-c2cccc(Cl)c2)c2c(NCCCO)ncnc21. The van der Waals surface area contributed by atoms with Gasteiger partial charge in [0, 0.05) is 44.6 Å². The molecule has 0 spiro atoms. The third-order valence-corrected chi connectivity index (χ3v) is 6.58. The average Bonchev–Trinajstić information content (AvgIpc) is 3.04. The first-order chi connectivity index (χ1) is 13.9. The number of fused-ring (bicyclic) bond motifs is 1. The van der Waals surface area contributed by atoms with E-state index in [1.54, 1.807) is 6.33 Å². The molecule has 2 heterocycles. The van der Waals surface area contributed by atoms with Crippen LogP contribution < -0.4 is 5.32 Å². The molecule has 0 saturated heterocycles. The second kappa shape index (κ2) is 9.71. The summed E-state index contributed by atoms with van der Waals surface area (Å²) in [6, 6.07) is 8.89. The summed E-state index contributed by atoms with van der Waals surface area (Å²) in [5.41, 5.74) is 2.82. The van der Waals surface area contributed by atoms with Crippen LogP contribution in [0.3, 0.4) is 0 Å². The monoisotopic (exact) mass is 432 g/mol. The Morgan fingerprint density at radius 2 is 2.07 bits per heavy atom. The smallest absolute Gasteiger partial charge is 0.148 e. The van der Waals surface area contributed by atoms with Crippen molar-refractivity contribution in [2.24, 2.45) is 0 Å². The number of aromatic nitrogens is 3. The van der Waals surface area contributed by atoms with Crippen molar-refractivity contribution in [3.8, 4) is 11.1 Å². The van der Waals surface area contributed by atoms with Crippen LogP contribution in [0.2, 0.25) is 30.7 Å². The lowest BCUT2D eigenvalue weighted by molar-refractivity contribution is 0.0899. The molecule has 29 heavy (non-hydrogen) atoms. The van der Waals surface area contributed by atoms with E-state index in [0.717, 1.165) is 40.6 Å². The number of halogens is 1. The molecule has 0 saturated carbocycles. The Morgan fingerprint density at radius 3 is 2.79 bits per heavy atom. The number of nitrogens with one attached hydrogen (secondary N) is 1. The fraction of sp³-hybridized carbons (Fsp3) is 0.429. The summed E-state index contributed by atoms with van der Waals surface area (Å²) in [7, 11) is -1.14. The standard InChI is InChI=1S/C21H29ClN4O2Si/c1-29(2,3)11-10-28-15-26-13-18(16-6-4-7-17(22)12-16)19-20(23-8-5-9-27)24-14-25-21(19)26/h4,6-7,12-14,27H,5,8-11,15H2,1-3H3,(H,23,24,25). The van der Waals surface area contributed by atoms with E-state index < -0.39 is 8.07 Å². The fourth-order valence-corrected chi connectivity index (χ4v) is 4.01. The number of aliphatic hydroxyl groups is 1. The van der Waals surface area contributed by atoms with Crippen LogP contribution in [0.4, 0.5) is 5.82 Å². The van der Waals surface area contributed by atoms with E-state index in [0.29, 0.717) is 24.7 Å². The van der Waals surface area contributed by atoms with Gasteiger partial charge in [-0.05, 0) is 30.2 Å². The number of rotatable bonds is 10. The maximum absolute atomic E-state index is 9.10. The molecular weight excluding hydrogens is 404 g/mol. The maximum Gasteiger partial charge on any atom is 0.148 e. The molecule has 0 amide bonds. The molecule has 156 valence electrons. The van der Waals surface area contributed by atoms with Crippen molar-refractivity contribution in [3.63, 3.8) is 0 Å². The van der Waals surface area contributed by atoms with Gasteiger partial charge in [0.05, 0.1) is 5.39 Å². The number of nitrogens with zero attached hydrogens (tertiary/aromatic N) is 3. The molecule has 6 nitrogen and oxygen atoms in total. The summed E-state index contributed by atoms with van der Waals surface area (Å²) in [5.74, 6) is 0.749. The van der Waals surface area contributed by atoms with Crippen molar-refractivity contribution in [1.29, 1.82) is 0 Å². The van der Waals surface area contributed by atoms with Crippen LogP contribution in [0, 0.1) is 0 Å². The van der Waals surface area contributed by atoms with Gasteiger partial charge in [0.25, 0.3) is 0 Å². The van der Waals surface area contributed by atoms with Gasteiger partial charge in [0.15, 0.2) is 0 Å². The van der Waals surface area contributed by atoms with E-state index in [-0.39, 0.29) is 6.61 Å². The molecule has 8 heteroatoms. The van der Waals surface area contributed by atoms with Crippen molar-refractivity contribution in [3.05, 3.63) is 41.8 Å². The highest BCUT2D eigenvalue weighted by atomic mass is 35.5. The highest BCUT2D eigenvalue weighted by molar-refractivity contribution is 6.76. The fourth-order valence-electron chi connectivity index (χ4n) is 3.06. The molecular formula is C21H29ClN4O2Si. The molecule has 0 radical (unpaired) electrons. The molecule has 2 N–H and O–H groups in total. The lowest BCUT2D eigenvalue weighted by Crippen LogP contribution is -2.22. The summed E-state index contributed by atoms with van der Waals surface area (Å²) in [5, 5.41) is 14.0. The van der Waals surface area contributed by atoms with Gasteiger partial charge in [0.1, 0.15) is 24.5 Å². The van der Waals surface area contributed by atoms with E-state index in [1.165, 1.54) is 0 Å². The minimum Gasteiger partial charge on any atom is -0.396 e. The zero-order valence-corrected chi connectivity index (χ0v) is 19.0. The summed E-state index contributed by atoms with van der Waals surface area (Å²) in [4.78, 5) is 8.97.